The average Bonchev–Trinajstić information content (AvgIpc) is 2.26. The molecule has 1 heterocycles. The number of halogens is 2. The lowest BCUT2D eigenvalue weighted by Crippen LogP contribution is -2.34. The summed E-state index contributed by atoms with van der Waals surface area (Å²) in [6.07, 6.45) is 5.11. The summed E-state index contributed by atoms with van der Waals surface area (Å²) >= 11 is 12.0. The van der Waals surface area contributed by atoms with Gasteiger partial charge in [-0.05, 0) is 25.0 Å². The Labute approximate surface area is 124 Å². The lowest BCUT2D eigenvalue weighted by atomic mass is 10.1. The van der Waals surface area contributed by atoms with E-state index in [0.717, 1.165) is 25.7 Å². The van der Waals surface area contributed by atoms with Crippen LogP contribution in [0.4, 0.5) is 0 Å². The second-order valence-corrected chi connectivity index (χ2v) is 7.41. The summed E-state index contributed by atoms with van der Waals surface area (Å²) in [5, 5.41) is 0.379. The summed E-state index contributed by atoms with van der Waals surface area (Å²) in [5.74, 6) is 0. The summed E-state index contributed by atoms with van der Waals surface area (Å²) in [6.45, 7) is 1.09. The number of hydrogen-bond acceptors (Lipinski definition) is 2. The van der Waals surface area contributed by atoms with Gasteiger partial charge < -0.3 is 0 Å². The molecule has 0 unspecified atom stereocenters. The Morgan fingerprint density at radius 3 is 1.89 bits per heavy atom. The van der Waals surface area contributed by atoms with Crippen LogP contribution in [0, 0.1) is 0 Å². The van der Waals surface area contributed by atoms with Gasteiger partial charge in [0.25, 0.3) is 0 Å². The Balaban J connectivity index is 2.35. The Hall–Kier alpha value is -0.290. The third kappa shape index (κ3) is 3.43. The molecule has 1 aliphatic heterocycles. The predicted molar refractivity (Wildman–Crippen MR) is 78.3 cm³/mol. The van der Waals surface area contributed by atoms with Gasteiger partial charge in [-0.2, -0.15) is 4.31 Å². The highest BCUT2D eigenvalue weighted by atomic mass is 35.5. The standard InChI is InChI=1S/C13H17Cl2NO2S/c14-11-7-6-8-12(15)13(11)19(17,18)16-9-4-2-1-3-5-10-16/h6-8H,1-5,9-10H2. The molecular weight excluding hydrogens is 305 g/mol. The molecule has 6 heteroatoms. The fourth-order valence-corrected chi connectivity index (χ4v) is 4.93. The smallest absolute Gasteiger partial charge is 0.207 e. The fourth-order valence-electron chi connectivity index (χ4n) is 2.32. The molecule has 0 N–H and O–H groups in total. The highest BCUT2D eigenvalue weighted by Crippen LogP contribution is 2.32. The van der Waals surface area contributed by atoms with Gasteiger partial charge >= 0.3 is 0 Å². The Morgan fingerprint density at radius 1 is 0.895 bits per heavy atom. The Kier molecular flexibility index (Phi) is 5.12. The molecule has 19 heavy (non-hydrogen) atoms. The monoisotopic (exact) mass is 321 g/mol. The van der Waals surface area contributed by atoms with E-state index in [1.165, 1.54) is 10.7 Å². The van der Waals surface area contributed by atoms with Crippen molar-refractivity contribution in [3.8, 4) is 0 Å². The minimum Gasteiger partial charge on any atom is -0.207 e. The van der Waals surface area contributed by atoms with Crippen LogP contribution in [0.5, 0.6) is 0 Å². The van der Waals surface area contributed by atoms with Gasteiger partial charge in [-0.3, -0.25) is 0 Å². The van der Waals surface area contributed by atoms with Gasteiger partial charge in [0.1, 0.15) is 4.90 Å². The average molecular weight is 322 g/mol. The molecular formula is C13H17Cl2NO2S. The van der Waals surface area contributed by atoms with Crippen LogP contribution < -0.4 is 0 Å². The maximum absolute atomic E-state index is 12.7. The fraction of sp³-hybridized carbons (Fsp3) is 0.538. The largest absolute Gasteiger partial charge is 0.246 e. The van der Waals surface area contributed by atoms with Gasteiger partial charge in [0.05, 0.1) is 10.0 Å². The van der Waals surface area contributed by atoms with E-state index in [1.54, 1.807) is 18.2 Å². The molecule has 0 aromatic heterocycles. The number of hydrogen-bond donors (Lipinski definition) is 0. The summed E-state index contributed by atoms with van der Waals surface area (Å²) in [4.78, 5) is 0.0407. The molecule has 1 aromatic carbocycles. The van der Waals surface area contributed by atoms with Crippen LogP contribution in [0.25, 0.3) is 0 Å². The third-order valence-corrected chi connectivity index (χ3v) is 6.19. The summed E-state index contributed by atoms with van der Waals surface area (Å²) < 4.78 is 26.8. The second kappa shape index (κ2) is 6.44. The van der Waals surface area contributed by atoms with E-state index in [2.05, 4.69) is 0 Å². The van der Waals surface area contributed by atoms with Gasteiger partial charge in [0, 0.05) is 13.1 Å². The number of sulfonamides is 1. The lowest BCUT2D eigenvalue weighted by molar-refractivity contribution is 0.364. The van der Waals surface area contributed by atoms with Crippen molar-refractivity contribution in [1.82, 2.24) is 4.31 Å². The highest BCUT2D eigenvalue weighted by Gasteiger charge is 2.28. The first kappa shape index (κ1) is 15.1. The molecule has 2 rings (SSSR count). The van der Waals surface area contributed by atoms with Crippen molar-refractivity contribution in [2.45, 2.75) is 37.0 Å². The normalized spacial score (nSPS) is 18.8. The van der Waals surface area contributed by atoms with Crippen molar-refractivity contribution in [2.75, 3.05) is 13.1 Å². The van der Waals surface area contributed by atoms with Crippen LogP contribution in [-0.4, -0.2) is 25.8 Å². The summed E-state index contributed by atoms with van der Waals surface area (Å²) in [7, 11) is -3.59. The third-order valence-electron chi connectivity index (χ3n) is 3.33. The number of benzene rings is 1. The molecule has 0 atom stereocenters. The first-order chi connectivity index (χ1) is 9.03. The summed E-state index contributed by atoms with van der Waals surface area (Å²) in [5.41, 5.74) is 0. The highest BCUT2D eigenvalue weighted by molar-refractivity contribution is 7.89. The van der Waals surface area contributed by atoms with Crippen LogP contribution in [0.15, 0.2) is 23.1 Å². The van der Waals surface area contributed by atoms with Gasteiger partial charge in [0.15, 0.2) is 0 Å². The van der Waals surface area contributed by atoms with Crippen LogP contribution >= 0.6 is 23.2 Å². The molecule has 106 valence electrons. The maximum atomic E-state index is 12.7. The van der Waals surface area contributed by atoms with Crippen molar-refractivity contribution < 1.29 is 8.42 Å². The van der Waals surface area contributed by atoms with Crippen molar-refractivity contribution in [2.24, 2.45) is 0 Å². The summed E-state index contributed by atoms with van der Waals surface area (Å²) in [6, 6.07) is 4.77. The van der Waals surface area contributed by atoms with E-state index >= 15 is 0 Å². The first-order valence-corrected chi connectivity index (χ1v) is 8.67. The second-order valence-electron chi connectivity index (χ2n) is 4.72. The van der Waals surface area contributed by atoms with Gasteiger partial charge in [-0.25, -0.2) is 8.42 Å². The van der Waals surface area contributed by atoms with E-state index in [0.29, 0.717) is 13.1 Å². The Bertz CT molecular complexity index is 517. The van der Waals surface area contributed by atoms with Crippen molar-refractivity contribution in [3.05, 3.63) is 28.2 Å². The molecule has 0 amide bonds. The number of nitrogens with zero attached hydrogens (tertiary/aromatic N) is 1. The quantitative estimate of drug-likeness (QED) is 0.827. The van der Waals surface area contributed by atoms with Crippen molar-refractivity contribution >= 4 is 33.2 Å². The minimum absolute atomic E-state index is 0.0407. The van der Waals surface area contributed by atoms with Gasteiger partial charge in [0.2, 0.25) is 10.0 Å². The molecule has 0 spiro atoms. The van der Waals surface area contributed by atoms with Crippen LogP contribution in [0.2, 0.25) is 10.0 Å². The molecule has 1 fully saturated rings. The molecule has 0 bridgehead atoms. The molecule has 1 aliphatic rings. The van der Waals surface area contributed by atoms with Crippen LogP contribution in [0.3, 0.4) is 0 Å². The molecule has 3 nitrogen and oxygen atoms in total. The van der Waals surface area contributed by atoms with E-state index in [4.69, 9.17) is 23.2 Å². The molecule has 0 radical (unpaired) electrons. The number of rotatable bonds is 2. The zero-order valence-electron chi connectivity index (χ0n) is 10.6. The van der Waals surface area contributed by atoms with E-state index in [9.17, 15) is 8.42 Å². The van der Waals surface area contributed by atoms with E-state index in [-0.39, 0.29) is 14.9 Å². The van der Waals surface area contributed by atoms with Crippen molar-refractivity contribution in [3.63, 3.8) is 0 Å². The maximum Gasteiger partial charge on any atom is 0.246 e. The first-order valence-electron chi connectivity index (χ1n) is 6.47. The van der Waals surface area contributed by atoms with Crippen molar-refractivity contribution in [1.29, 1.82) is 0 Å². The predicted octanol–water partition coefficient (Wildman–Crippen LogP) is 3.95. The van der Waals surface area contributed by atoms with E-state index in [1.807, 2.05) is 0 Å². The SMILES string of the molecule is O=S(=O)(c1c(Cl)cccc1Cl)N1CCCCCCC1. The molecule has 0 saturated carbocycles. The lowest BCUT2D eigenvalue weighted by Gasteiger charge is -2.25. The zero-order valence-corrected chi connectivity index (χ0v) is 12.9. The minimum atomic E-state index is -3.59. The van der Waals surface area contributed by atoms with Crippen LogP contribution in [0.1, 0.15) is 32.1 Å². The topological polar surface area (TPSA) is 37.4 Å². The molecule has 0 aliphatic carbocycles. The zero-order chi connectivity index (χ0) is 13.9. The van der Waals surface area contributed by atoms with Crippen LogP contribution in [-0.2, 0) is 10.0 Å². The van der Waals surface area contributed by atoms with Gasteiger partial charge in [-0.1, -0.05) is 48.5 Å². The Morgan fingerprint density at radius 2 is 1.37 bits per heavy atom. The molecule has 1 saturated heterocycles. The molecule has 1 aromatic rings. The van der Waals surface area contributed by atoms with Gasteiger partial charge in [-0.15, -0.1) is 0 Å². The van der Waals surface area contributed by atoms with E-state index < -0.39 is 10.0 Å².